The van der Waals surface area contributed by atoms with Crippen molar-refractivity contribution in [2.45, 2.75) is 207 Å². The Balaban J connectivity index is 0.00000107. The van der Waals surface area contributed by atoms with Crippen LogP contribution >= 0.6 is 46.4 Å². The minimum atomic E-state index is -1.56. The zero-order valence-electron chi connectivity index (χ0n) is 59.1. The van der Waals surface area contributed by atoms with E-state index in [1.54, 1.807) is 54.3 Å². The van der Waals surface area contributed by atoms with Gasteiger partial charge in [-0.25, -0.2) is 39.5 Å². The Kier molecular flexibility index (Phi) is 38.0. The van der Waals surface area contributed by atoms with Gasteiger partial charge in [0.1, 0.15) is 48.4 Å². The highest BCUT2D eigenvalue weighted by Gasteiger charge is 2.48. The van der Waals surface area contributed by atoms with Crippen molar-refractivity contribution in [1.29, 1.82) is 0 Å². The van der Waals surface area contributed by atoms with Crippen molar-refractivity contribution in [2.24, 2.45) is 47.7 Å². The van der Waals surface area contributed by atoms with Gasteiger partial charge in [0.25, 0.3) is 0 Å². The van der Waals surface area contributed by atoms with Crippen LogP contribution in [0.15, 0.2) is 30.0 Å². The van der Waals surface area contributed by atoms with Crippen molar-refractivity contribution in [1.82, 2.24) is 9.71 Å². The van der Waals surface area contributed by atoms with E-state index in [1.807, 2.05) is 20.8 Å². The van der Waals surface area contributed by atoms with Crippen molar-refractivity contribution in [3.8, 4) is 0 Å². The summed E-state index contributed by atoms with van der Waals surface area (Å²) < 4.78 is 42.0. The van der Waals surface area contributed by atoms with Crippen molar-refractivity contribution in [2.75, 3.05) is 90.7 Å². The molecule has 7 atom stereocenters. The predicted octanol–water partition coefficient (Wildman–Crippen LogP) is 11.4. The molecule has 21 nitrogen and oxygen atoms in total. The number of carbonyl (C=O) groups excluding carboxylic acids is 2. The maximum absolute atomic E-state index is 12.1. The number of methoxy groups -OCH3 is 7. The fourth-order valence-electron chi connectivity index (χ4n) is 9.46. The molecule has 2 saturated heterocycles. The van der Waals surface area contributed by atoms with Gasteiger partial charge >= 0.3 is 25.1 Å². The second-order valence-electron chi connectivity index (χ2n) is 28.8. The molecular formula is C58H115BCl4N8O13Si5. The second-order valence-corrected chi connectivity index (χ2v) is 57.0. The average Bonchev–Trinajstić information content (AvgIpc) is 2.23. The Hall–Kier alpha value is -2.74. The summed E-state index contributed by atoms with van der Waals surface area (Å²) in [6.07, 6.45) is 1.000. The molecule has 0 aromatic heterocycles. The van der Waals surface area contributed by atoms with Crippen LogP contribution in [0.25, 0.3) is 0 Å². The molecule has 0 aromatic rings. The van der Waals surface area contributed by atoms with E-state index < -0.39 is 77.2 Å². The van der Waals surface area contributed by atoms with Gasteiger partial charge in [-0.1, -0.05) is 107 Å². The molecule has 1 amide bonds. The molecule has 89 heavy (non-hydrogen) atoms. The molecule has 2 fully saturated rings. The molecule has 0 unspecified atom stereocenters. The average molecular weight is 1430 g/mol. The van der Waals surface area contributed by atoms with E-state index in [-0.39, 0.29) is 36.2 Å². The number of aliphatic carboxylic acids is 1. The second kappa shape index (κ2) is 39.2. The van der Waals surface area contributed by atoms with Gasteiger partial charge in [0.2, 0.25) is 35.4 Å². The summed E-state index contributed by atoms with van der Waals surface area (Å²) in [5.41, 5.74) is 2.43. The van der Waals surface area contributed by atoms with Gasteiger partial charge in [-0.15, -0.1) is 46.4 Å². The fourth-order valence-corrected chi connectivity index (χ4v) is 19.8. The number of carboxylic acids is 1. The van der Waals surface area contributed by atoms with Gasteiger partial charge in [-0.3, -0.25) is 9.69 Å². The Morgan fingerprint density at radius 1 is 0.584 bits per heavy atom. The third-order valence-electron chi connectivity index (χ3n) is 14.5. The van der Waals surface area contributed by atoms with Crippen molar-refractivity contribution in [3.63, 3.8) is 0 Å². The summed E-state index contributed by atoms with van der Waals surface area (Å²) in [6.45, 7) is 42.2. The number of carbonyl (C=O) groups is 3. The summed E-state index contributed by atoms with van der Waals surface area (Å²) in [7, 11) is 3.54. The van der Waals surface area contributed by atoms with Gasteiger partial charge in [0.15, 0.2) is 0 Å². The van der Waals surface area contributed by atoms with E-state index in [0.717, 1.165) is 41.4 Å². The number of amides is 1. The largest absolute Gasteiger partial charge is 0.483 e. The standard InChI is InChI=1S/2C13H25ClN2O2Si.C12H23NO4Si.C9H16N2O2.C7H16BNO3Si.C4H10Cl2Si/c2*1-9(2)11-13(18-4)15-10(12(16-11)17-3)7-19(5,6)8-14;1-12(2,3)17-11(15)13-8-18(5,6)7-9(13)10(14)16-4;1-6(2)8-9(13-4)10-5-7(11-8)12-3;1-8(12)9-5-13(2,3)4-6(9)7(10)11;1-7(2,3-5)4-6/h2*9-11H,7-8H2,1-6H3;9H,7-8H2,1-6H3;6,8H,5H2,1-4H3;6,12H,4-5H2,1-3H3,(H,10,11);3-4H2,1-2H3/t10-,11+;10-,11-;9-;8-;6-;/m01110./s1. The van der Waals surface area contributed by atoms with Crippen molar-refractivity contribution >= 4 is 147 Å². The first-order chi connectivity index (χ1) is 40.9. The minimum absolute atomic E-state index is 0.00806. The van der Waals surface area contributed by atoms with Crippen LogP contribution < -0.4 is 0 Å². The highest BCUT2D eigenvalue weighted by atomic mass is 35.5. The lowest BCUT2D eigenvalue weighted by Gasteiger charge is -2.30. The van der Waals surface area contributed by atoms with E-state index in [4.69, 9.17) is 99.4 Å². The van der Waals surface area contributed by atoms with Gasteiger partial charge in [-0.05, 0) is 75.7 Å². The smallest absolute Gasteiger partial charge is 0.410 e. The first-order valence-electron chi connectivity index (χ1n) is 30.5. The van der Waals surface area contributed by atoms with Crippen molar-refractivity contribution in [3.05, 3.63) is 0 Å². The number of alkyl halides is 4. The monoisotopic (exact) mass is 1420 g/mol. The highest BCUT2D eigenvalue weighted by Crippen LogP contribution is 2.31. The maximum atomic E-state index is 12.1. The molecule has 516 valence electrons. The zero-order chi connectivity index (χ0) is 69.4. The molecule has 0 radical (unpaired) electrons. The van der Waals surface area contributed by atoms with E-state index in [2.05, 4.69) is 127 Å². The first-order valence-corrected chi connectivity index (χ1v) is 49.7. The van der Waals surface area contributed by atoms with Gasteiger partial charge in [-0.2, -0.15) is 0 Å². The van der Waals surface area contributed by atoms with Crippen molar-refractivity contribution < 1.29 is 62.4 Å². The number of aliphatic imine (C=N–C) groups is 6. The van der Waals surface area contributed by atoms with Crippen LogP contribution in [0.2, 0.25) is 96.5 Å². The van der Waals surface area contributed by atoms with E-state index >= 15 is 0 Å². The molecule has 2 N–H and O–H groups in total. The molecule has 0 saturated carbocycles. The summed E-state index contributed by atoms with van der Waals surface area (Å²) in [5, 5.41) is 18.3. The van der Waals surface area contributed by atoms with Gasteiger partial charge in [0, 0.05) is 28.2 Å². The van der Waals surface area contributed by atoms with Crippen LogP contribution in [0.5, 0.6) is 0 Å². The lowest BCUT2D eigenvalue weighted by atomic mass is 9.84. The number of hydrogen-bond acceptors (Lipinski definition) is 19. The number of halogens is 4. The molecule has 5 aliphatic heterocycles. The zero-order valence-corrected chi connectivity index (χ0v) is 67.1. The van der Waals surface area contributed by atoms with Gasteiger partial charge < -0.3 is 52.8 Å². The molecule has 5 rings (SSSR count). The van der Waals surface area contributed by atoms with Crippen LogP contribution in [-0.2, 0) is 47.5 Å². The van der Waals surface area contributed by atoms with E-state index in [0.29, 0.717) is 76.9 Å². The Labute approximate surface area is 560 Å². The summed E-state index contributed by atoms with van der Waals surface area (Å²) in [6, 6.07) is 2.22. The van der Waals surface area contributed by atoms with Crippen LogP contribution in [0.1, 0.15) is 62.3 Å². The maximum Gasteiger partial charge on any atom is 0.410 e. The topological polar surface area (TPSA) is 246 Å². The molecule has 0 spiro atoms. The van der Waals surface area contributed by atoms with Crippen LogP contribution in [0.4, 0.5) is 4.79 Å². The Morgan fingerprint density at radius 3 is 1.25 bits per heavy atom. The number of nitrogens with zero attached hydrogens (tertiary/aromatic N) is 8. The molecule has 0 aromatic carbocycles. The van der Waals surface area contributed by atoms with Crippen LogP contribution in [0, 0.1) is 17.8 Å². The summed E-state index contributed by atoms with van der Waals surface area (Å²) in [4.78, 5) is 65.3. The summed E-state index contributed by atoms with van der Waals surface area (Å²) in [5.74, 6) is 4.12. The molecule has 31 heteroatoms. The third kappa shape index (κ3) is 30.5. The van der Waals surface area contributed by atoms with Crippen LogP contribution in [0.3, 0.4) is 0 Å². The molecule has 0 aliphatic carbocycles. The Morgan fingerprint density at radius 2 is 0.955 bits per heavy atom. The number of carboxylic acid groups (broad SMARTS) is 1. The molecule has 5 heterocycles. The minimum Gasteiger partial charge on any atom is -0.483 e. The van der Waals surface area contributed by atoms with Crippen LogP contribution in [-0.4, -0.2) is 259 Å². The van der Waals surface area contributed by atoms with E-state index in [1.165, 1.54) is 12.0 Å². The molecule has 5 aliphatic rings. The lowest BCUT2D eigenvalue weighted by molar-refractivity contribution is -0.145. The lowest BCUT2D eigenvalue weighted by Crippen LogP contribution is -2.45. The van der Waals surface area contributed by atoms with Gasteiger partial charge in [0.05, 0.1) is 96.2 Å². The normalized spacial score (nSPS) is 23.1. The van der Waals surface area contributed by atoms with E-state index in [9.17, 15) is 19.4 Å². The molecule has 0 bridgehead atoms. The quantitative estimate of drug-likeness (QED) is 0.0933. The number of rotatable bonds is 14. The fraction of sp³-hybridized carbons (Fsp3) is 0.845. The molecular weight excluding hydrogens is 1310 g/mol. The first kappa shape index (κ1) is 86.3. The SMILES string of the molecule is CB(O)N1C[Si](C)(C)C[C@H]1C(=O)O.COC(=O)[C@H]1C[Si](C)(C)CN1C(=O)OC(C)(C)C.COC1=N[C@H](C(C)C)C(OC)=NC1.COC1=N[C@H](C(C)C)C(OC)=N[C@@H]1C[Si](C)(C)CCl.COC1=N[C@H](C(C)C)C(OC)=N[C@H]1C[Si](C)(C)CCl.C[Si](C)(CCl)CCl. The number of hydrogen-bond donors (Lipinski definition) is 2. The summed E-state index contributed by atoms with van der Waals surface area (Å²) >= 11 is 23.2. The number of esters is 1. The Bertz CT molecular complexity index is 2330. The number of ether oxygens (including phenoxy) is 8. The highest BCUT2D eigenvalue weighted by molar-refractivity contribution is 6.88. The predicted molar refractivity (Wildman–Crippen MR) is 385 cm³/mol. The third-order valence-corrected chi connectivity index (χ3v) is 34.5.